The molecule has 0 saturated carbocycles. The van der Waals surface area contributed by atoms with Crippen LogP contribution in [0.3, 0.4) is 0 Å². The first-order chi connectivity index (χ1) is 16.7. The van der Waals surface area contributed by atoms with Gasteiger partial charge in [0.25, 0.3) is 5.91 Å². The highest BCUT2D eigenvalue weighted by Crippen LogP contribution is 2.33. The molecule has 1 aromatic heterocycles. The van der Waals surface area contributed by atoms with Gasteiger partial charge in [0.05, 0.1) is 16.5 Å². The molecule has 0 bridgehead atoms. The van der Waals surface area contributed by atoms with E-state index in [1.807, 2.05) is 6.07 Å². The van der Waals surface area contributed by atoms with Gasteiger partial charge in [-0.3, -0.25) is 4.79 Å². The second kappa shape index (κ2) is 10.2. The van der Waals surface area contributed by atoms with Crippen molar-refractivity contribution in [1.82, 2.24) is 20.6 Å². The molecule has 2 N–H and O–H groups in total. The maximum atomic E-state index is 15.1. The molecule has 1 aliphatic heterocycles. The highest BCUT2D eigenvalue weighted by Gasteiger charge is 2.42. The molecule has 7 nitrogen and oxygen atoms in total. The Bertz CT molecular complexity index is 1310. The number of aromatic nitrogens is 2. The SMILES string of the molecule is CC(NC(=O)c1ccncn1)c1cc(F)c(CC2[C@H](C)NC[C@@H](c3ccccc3)S2(=O)=O)cc1F. The molecule has 0 aliphatic carbocycles. The van der Waals surface area contributed by atoms with Gasteiger partial charge in [-0.15, -0.1) is 0 Å². The molecular formula is C25H26F2N4O3S. The van der Waals surface area contributed by atoms with Gasteiger partial charge in [0.2, 0.25) is 0 Å². The van der Waals surface area contributed by atoms with Crippen LogP contribution in [-0.4, -0.2) is 42.1 Å². The first-order valence-corrected chi connectivity index (χ1v) is 12.8. The molecule has 0 spiro atoms. The first-order valence-electron chi connectivity index (χ1n) is 11.2. The largest absolute Gasteiger partial charge is 0.344 e. The predicted octanol–water partition coefficient (Wildman–Crippen LogP) is 3.30. The van der Waals surface area contributed by atoms with Crippen LogP contribution in [0.4, 0.5) is 8.78 Å². The molecule has 4 rings (SSSR count). The van der Waals surface area contributed by atoms with E-state index < -0.39 is 50.0 Å². The van der Waals surface area contributed by atoms with E-state index in [-0.39, 0.29) is 29.8 Å². The molecular weight excluding hydrogens is 474 g/mol. The molecule has 2 unspecified atom stereocenters. The Labute approximate surface area is 202 Å². The van der Waals surface area contributed by atoms with Gasteiger partial charge in [-0.25, -0.2) is 27.2 Å². The Hall–Kier alpha value is -3.24. The van der Waals surface area contributed by atoms with E-state index in [0.717, 1.165) is 12.1 Å². The lowest BCUT2D eigenvalue weighted by molar-refractivity contribution is 0.0934. The third-order valence-electron chi connectivity index (χ3n) is 6.39. The third kappa shape index (κ3) is 5.23. The van der Waals surface area contributed by atoms with Crippen LogP contribution in [-0.2, 0) is 16.3 Å². The summed E-state index contributed by atoms with van der Waals surface area (Å²) in [6.45, 7) is 3.51. The van der Waals surface area contributed by atoms with E-state index in [2.05, 4.69) is 20.6 Å². The normalized spacial score (nSPS) is 22.3. The molecule has 184 valence electrons. The number of rotatable bonds is 6. The summed E-state index contributed by atoms with van der Waals surface area (Å²) in [7, 11) is -3.69. The summed E-state index contributed by atoms with van der Waals surface area (Å²) in [5.41, 5.74) is 0.679. The van der Waals surface area contributed by atoms with Crippen LogP contribution in [0, 0.1) is 11.6 Å². The fourth-order valence-electron chi connectivity index (χ4n) is 4.39. The Morgan fingerprint density at radius 2 is 1.91 bits per heavy atom. The number of hydrogen-bond acceptors (Lipinski definition) is 6. The van der Waals surface area contributed by atoms with Crippen LogP contribution < -0.4 is 10.6 Å². The highest BCUT2D eigenvalue weighted by atomic mass is 32.2. The van der Waals surface area contributed by atoms with Crippen molar-refractivity contribution in [2.75, 3.05) is 6.54 Å². The highest BCUT2D eigenvalue weighted by molar-refractivity contribution is 7.92. The minimum absolute atomic E-state index is 0.0310. The Kier molecular flexibility index (Phi) is 7.23. The van der Waals surface area contributed by atoms with Crippen molar-refractivity contribution in [3.8, 4) is 0 Å². The number of nitrogens with zero attached hydrogens (tertiary/aromatic N) is 2. The average molecular weight is 501 g/mol. The van der Waals surface area contributed by atoms with Gasteiger partial charge in [0.15, 0.2) is 9.84 Å². The molecule has 1 amide bonds. The maximum absolute atomic E-state index is 15.1. The number of carbonyl (C=O) groups is 1. The number of nitrogens with one attached hydrogen (secondary N) is 2. The van der Waals surface area contributed by atoms with E-state index in [0.29, 0.717) is 5.56 Å². The topological polar surface area (TPSA) is 101 Å². The minimum atomic E-state index is -3.69. The minimum Gasteiger partial charge on any atom is -0.344 e. The van der Waals surface area contributed by atoms with Crippen molar-refractivity contribution in [2.24, 2.45) is 0 Å². The van der Waals surface area contributed by atoms with Crippen LogP contribution in [0.1, 0.15) is 52.3 Å². The summed E-state index contributed by atoms with van der Waals surface area (Å²) < 4.78 is 57.0. The van der Waals surface area contributed by atoms with Crippen molar-refractivity contribution in [1.29, 1.82) is 0 Å². The van der Waals surface area contributed by atoms with E-state index in [4.69, 9.17) is 0 Å². The van der Waals surface area contributed by atoms with E-state index in [9.17, 15) is 13.2 Å². The zero-order valence-electron chi connectivity index (χ0n) is 19.3. The van der Waals surface area contributed by atoms with Crippen LogP contribution >= 0.6 is 0 Å². The second-order valence-electron chi connectivity index (χ2n) is 8.68. The number of hydrogen-bond donors (Lipinski definition) is 2. The summed E-state index contributed by atoms with van der Waals surface area (Å²) in [5.74, 6) is -2.01. The molecule has 2 heterocycles. The van der Waals surface area contributed by atoms with Crippen LogP contribution in [0.2, 0.25) is 0 Å². The van der Waals surface area contributed by atoms with Gasteiger partial charge in [0, 0.05) is 24.3 Å². The Morgan fingerprint density at radius 1 is 1.17 bits per heavy atom. The number of carbonyl (C=O) groups excluding carboxylic acids is 1. The Morgan fingerprint density at radius 3 is 2.60 bits per heavy atom. The smallest absolute Gasteiger partial charge is 0.270 e. The van der Waals surface area contributed by atoms with Crippen molar-refractivity contribution in [2.45, 2.75) is 42.9 Å². The summed E-state index contributed by atoms with van der Waals surface area (Å²) in [4.78, 5) is 19.9. The fraction of sp³-hybridized carbons (Fsp3) is 0.320. The van der Waals surface area contributed by atoms with Crippen molar-refractivity contribution in [3.05, 3.63) is 95.1 Å². The van der Waals surface area contributed by atoms with Gasteiger partial charge in [-0.05, 0) is 49.6 Å². The quantitative estimate of drug-likeness (QED) is 0.539. The number of benzene rings is 2. The van der Waals surface area contributed by atoms with Gasteiger partial charge in [0.1, 0.15) is 23.7 Å². The van der Waals surface area contributed by atoms with Gasteiger partial charge in [-0.1, -0.05) is 30.3 Å². The number of sulfone groups is 1. The monoisotopic (exact) mass is 500 g/mol. The van der Waals surface area contributed by atoms with Gasteiger partial charge < -0.3 is 10.6 Å². The van der Waals surface area contributed by atoms with Crippen molar-refractivity contribution in [3.63, 3.8) is 0 Å². The van der Waals surface area contributed by atoms with E-state index in [1.165, 1.54) is 25.5 Å². The van der Waals surface area contributed by atoms with Crippen LogP contribution in [0.25, 0.3) is 0 Å². The standard InChI is InChI=1S/C25H26F2N4O3S/c1-15(31-25(32)22-8-9-28-14-30-22)19-12-20(26)18(10-21(19)27)11-23-16(2)29-13-24(35(23,33)34)17-6-4-3-5-7-17/h3-10,12,14-16,23-24,29H,11,13H2,1-2H3,(H,31,32)/t15?,16-,23?,24-/m0/s1. The third-order valence-corrected chi connectivity index (χ3v) is 9.04. The number of amides is 1. The molecule has 10 heteroatoms. The number of halogens is 2. The second-order valence-corrected chi connectivity index (χ2v) is 11.0. The average Bonchev–Trinajstić information content (AvgIpc) is 2.84. The molecule has 2 aromatic carbocycles. The van der Waals surface area contributed by atoms with E-state index >= 15 is 8.78 Å². The Balaban J connectivity index is 1.55. The predicted molar refractivity (Wildman–Crippen MR) is 127 cm³/mol. The van der Waals surface area contributed by atoms with Crippen LogP contribution in [0.15, 0.2) is 61.1 Å². The summed E-state index contributed by atoms with van der Waals surface area (Å²) >= 11 is 0. The van der Waals surface area contributed by atoms with Gasteiger partial charge in [-0.2, -0.15) is 0 Å². The van der Waals surface area contributed by atoms with Crippen molar-refractivity contribution >= 4 is 15.7 Å². The zero-order chi connectivity index (χ0) is 25.2. The molecule has 1 aliphatic rings. The summed E-state index contributed by atoms with van der Waals surface area (Å²) in [6.07, 6.45) is 2.44. The molecule has 1 fully saturated rings. The van der Waals surface area contributed by atoms with Gasteiger partial charge >= 0.3 is 0 Å². The molecule has 4 atom stereocenters. The molecule has 1 saturated heterocycles. The van der Waals surface area contributed by atoms with E-state index in [1.54, 1.807) is 31.2 Å². The lowest BCUT2D eigenvalue weighted by Gasteiger charge is -2.35. The zero-order valence-corrected chi connectivity index (χ0v) is 20.1. The summed E-state index contributed by atoms with van der Waals surface area (Å²) in [5, 5.41) is 4.08. The fourth-order valence-corrected chi connectivity index (χ4v) is 6.75. The lowest BCUT2D eigenvalue weighted by atomic mass is 9.99. The lowest BCUT2D eigenvalue weighted by Crippen LogP contribution is -2.53. The molecule has 0 radical (unpaired) electrons. The van der Waals surface area contributed by atoms with Crippen molar-refractivity contribution < 1.29 is 22.0 Å². The molecule has 35 heavy (non-hydrogen) atoms. The summed E-state index contributed by atoms with van der Waals surface area (Å²) in [6, 6.07) is 11.0. The maximum Gasteiger partial charge on any atom is 0.270 e. The molecule has 3 aromatic rings. The van der Waals surface area contributed by atoms with Crippen LogP contribution in [0.5, 0.6) is 0 Å². The first kappa shape index (κ1) is 24.9.